The predicted octanol–water partition coefficient (Wildman–Crippen LogP) is 2.41. The largest absolute Gasteiger partial charge is 0.487 e. The highest BCUT2D eigenvalue weighted by atomic mass is 16.5. The summed E-state index contributed by atoms with van der Waals surface area (Å²) in [6.07, 6.45) is 3.98. The third kappa shape index (κ3) is 2.05. The van der Waals surface area contributed by atoms with Crippen molar-refractivity contribution in [3.05, 3.63) is 29.8 Å². The molecular weight excluding hydrogens is 214 g/mol. The number of ether oxygens (including phenoxy) is 2. The standard InChI is InChI=1S/C14H19NO2/c15-12-10-14(6-3-8-16-9-7-14)17-13-5-2-1-4-11(12)13/h1-2,4-5,12H,3,6-10,15H2. The number of hydrogen-bond acceptors (Lipinski definition) is 3. The normalized spacial score (nSPS) is 32.6. The van der Waals surface area contributed by atoms with E-state index in [9.17, 15) is 0 Å². The van der Waals surface area contributed by atoms with Gasteiger partial charge in [0.05, 0.1) is 6.61 Å². The molecule has 3 heteroatoms. The number of para-hydroxylation sites is 1. The molecule has 0 bridgehead atoms. The lowest BCUT2D eigenvalue weighted by Gasteiger charge is -2.40. The van der Waals surface area contributed by atoms with Gasteiger partial charge in [0, 0.05) is 31.1 Å². The maximum absolute atomic E-state index is 6.28. The fourth-order valence-corrected chi connectivity index (χ4v) is 2.95. The Bertz CT molecular complexity index is 397. The summed E-state index contributed by atoms with van der Waals surface area (Å²) in [6, 6.07) is 8.23. The van der Waals surface area contributed by atoms with E-state index >= 15 is 0 Å². The molecule has 0 aliphatic carbocycles. The van der Waals surface area contributed by atoms with E-state index in [0.717, 1.165) is 50.2 Å². The number of fused-ring (bicyclic) bond motifs is 1. The van der Waals surface area contributed by atoms with Crippen LogP contribution in [0.15, 0.2) is 24.3 Å². The first-order chi connectivity index (χ1) is 8.29. The van der Waals surface area contributed by atoms with Gasteiger partial charge >= 0.3 is 0 Å². The number of benzene rings is 1. The van der Waals surface area contributed by atoms with Gasteiger partial charge in [-0.2, -0.15) is 0 Å². The van der Waals surface area contributed by atoms with Crippen LogP contribution in [0.2, 0.25) is 0 Å². The van der Waals surface area contributed by atoms with Crippen LogP contribution >= 0.6 is 0 Å². The predicted molar refractivity (Wildman–Crippen MR) is 66.0 cm³/mol. The van der Waals surface area contributed by atoms with Gasteiger partial charge in [-0.15, -0.1) is 0 Å². The molecule has 1 saturated heterocycles. The highest BCUT2D eigenvalue weighted by molar-refractivity contribution is 5.38. The quantitative estimate of drug-likeness (QED) is 0.748. The molecule has 17 heavy (non-hydrogen) atoms. The molecule has 2 heterocycles. The maximum atomic E-state index is 6.28. The Kier molecular flexibility index (Phi) is 2.81. The van der Waals surface area contributed by atoms with E-state index < -0.39 is 0 Å². The first-order valence-corrected chi connectivity index (χ1v) is 6.40. The van der Waals surface area contributed by atoms with Crippen LogP contribution in [-0.4, -0.2) is 18.8 Å². The summed E-state index contributed by atoms with van der Waals surface area (Å²) in [5, 5.41) is 0. The summed E-state index contributed by atoms with van der Waals surface area (Å²) in [5.74, 6) is 0.966. The van der Waals surface area contributed by atoms with Crippen LogP contribution in [0.25, 0.3) is 0 Å². The molecular formula is C14H19NO2. The van der Waals surface area contributed by atoms with Gasteiger partial charge in [-0.3, -0.25) is 0 Å². The third-order valence-corrected chi connectivity index (χ3v) is 3.86. The van der Waals surface area contributed by atoms with Crippen LogP contribution in [-0.2, 0) is 4.74 Å². The molecule has 2 N–H and O–H groups in total. The SMILES string of the molecule is NC1CC2(CCCOCC2)Oc2ccccc21. The van der Waals surface area contributed by atoms with Crippen LogP contribution in [0.4, 0.5) is 0 Å². The molecule has 2 unspecified atom stereocenters. The Labute approximate surface area is 102 Å². The monoisotopic (exact) mass is 233 g/mol. The molecule has 0 saturated carbocycles. The minimum atomic E-state index is -0.0930. The molecule has 0 aromatic heterocycles. The Morgan fingerprint density at radius 2 is 2.06 bits per heavy atom. The second-order valence-corrected chi connectivity index (χ2v) is 5.10. The smallest absolute Gasteiger partial charge is 0.124 e. The van der Waals surface area contributed by atoms with Crippen molar-refractivity contribution in [1.29, 1.82) is 0 Å². The molecule has 1 fully saturated rings. The Balaban J connectivity index is 1.91. The summed E-state index contributed by atoms with van der Waals surface area (Å²) >= 11 is 0. The molecule has 1 spiro atoms. The summed E-state index contributed by atoms with van der Waals surface area (Å²) in [4.78, 5) is 0. The maximum Gasteiger partial charge on any atom is 0.124 e. The van der Waals surface area contributed by atoms with E-state index in [0.29, 0.717) is 0 Å². The van der Waals surface area contributed by atoms with Gasteiger partial charge in [0.25, 0.3) is 0 Å². The summed E-state index contributed by atoms with van der Waals surface area (Å²) in [6.45, 7) is 1.64. The lowest BCUT2D eigenvalue weighted by molar-refractivity contribution is 0.0156. The molecule has 1 aromatic carbocycles. The lowest BCUT2D eigenvalue weighted by atomic mass is 9.83. The molecule has 1 aromatic rings. The van der Waals surface area contributed by atoms with Crippen LogP contribution in [0.1, 0.15) is 37.3 Å². The summed E-state index contributed by atoms with van der Waals surface area (Å²) in [7, 11) is 0. The van der Waals surface area contributed by atoms with Crippen molar-refractivity contribution < 1.29 is 9.47 Å². The van der Waals surface area contributed by atoms with Crippen molar-refractivity contribution in [3.63, 3.8) is 0 Å². The van der Waals surface area contributed by atoms with E-state index in [-0.39, 0.29) is 11.6 Å². The Morgan fingerprint density at radius 1 is 1.18 bits per heavy atom. The van der Waals surface area contributed by atoms with Gasteiger partial charge in [0.1, 0.15) is 11.4 Å². The molecule has 2 aliphatic heterocycles. The fourth-order valence-electron chi connectivity index (χ4n) is 2.95. The van der Waals surface area contributed by atoms with E-state index in [1.165, 1.54) is 0 Å². The number of rotatable bonds is 0. The van der Waals surface area contributed by atoms with Crippen LogP contribution in [0.5, 0.6) is 5.75 Å². The van der Waals surface area contributed by atoms with Crippen molar-refractivity contribution in [3.8, 4) is 5.75 Å². The van der Waals surface area contributed by atoms with Crippen molar-refractivity contribution in [2.45, 2.75) is 37.3 Å². The van der Waals surface area contributed by atoms with Crippen molar-refractivity contribution in [1.82, 2.24) is 0 Å². The first kappa shape index (κ1) is 11.1. The van der Waals surface area contributed by atoms with E-state index in [1.807, 2.05) is 18.2 Å². The second kappa shape index (κ2) is 4.31. The zero-order valence-corrected chi connectivity index (χ0v) is 10.0. The Hall–Kier alpha value is -1.06. The van der Waals surface area contributed by atoms with Gasteiger partial charge < -0.3 is 15.2 Å². The van der Waals surface area contributed by atoms with Gasteiger partial charge in [-0.1, -0.05) is 18.2 Å². The molecule has 92 valence electrons. The van der Waals surface area contributed by atoms with Crippen molar-refractivity contribution in [2.24, 2.45) is 5.73 Å². The zero-order chi connectivity index (χ0) is 11.7. The topological polar surface area (TPSA) is 44.5 Å². The van der Waals surface area contributed by atoms with Crippen LogP contribution < -0.4 is 10.5 Å². The Morgan fingerprint density at radius 3 is 3.00 bits per heavy atom. The molecule has 2 atom stereocenters. The van der Waals surface area contributed by atoms with E-state index in [1.54, 1.807) is 0 Å². The van der Waals surface area contributed by atoms with E-state index in [2.05, 4.69) is 6.07 Å². The van der Waals surface area contributed by atoms with Crippen molar-refractivity contribution in [2.75, 3.05) is 13.2 Å². The molecule has 0 amide bonds. The highest BCUT2D eigenvalue weighted by Crippen LogP contribution is 2.42. The average Bonchev–Trinajstić information content (AvgIpc) is 2.55. The fraction of sp³-hybridized carbons (Fsp3) is 0.571. The van der Waals surface area contributed by atoms with Crippen molar-refractivity contribution >= 4 is 0 Å². The molecule has 3 rings (SSSR count). The van der Waals surface area contributed by atoms with Gasteiger partial charge in [0.15, 0.2) is 0 Å². The lowest BCUT2D eigenvalue weighted by Crippen LogP contribution is -2.43. The average molecular weight is 233 g/mol. The third-order valence-electron chi connectivity index (χ3n) is 3.86. The molecule has 3 nitrogen and oxygen atoms in total. The van der Waals surface area contributed by atoms with Gasteiger partial charge in [-0.25, -0.2) is 0 Å². The minimum Gasteiger partial charge on any atom is -0.487 e. The molecule has 0 radical (unpaired) electrons. The number of nitrogens with two attached hydrogens (primary N) is 1. The zero-order valence-electron chi connectivity index (χ0n) is 10.0. The number of hydrogen-bond donors (Lipinski definition) is 1. The molecule has 2 aliphatic rings. The van der Waals surface area contributed by atoms with Gasteiger partial charge in [0.2, 0.25) is 0 Å². The summed E-state index contributed by atoms with van der Waals surface area (Å²) in [5.41, 5.74) is 7.33. The van der Waals surface area contributed by atoms with Crippen LogP contribution in [0.3, 0.4) is 0 Å². The second-order valence-electron chi connectivity index (χ2n) is 5.10. The minimum absolute atomic E-state index is 0.0930. The van der Waals surface area contributed by atoms with E-state index in [4.69, 9.17) is 15.2 Å². The summed E-state index contributed by atoms with van der Waals surface area (Å²) < 4.78 is 11.8. The van der Waals surface area contributed by atoms with Crippen LogP contribution in [0, 0.1) is 0 Å². The highest BCUT2D eigenvalue weighted by Gasteiger charge is 2.39. The van der Waals surface area contributed by atoms with Gasteiger partial charge in [-0.05, 0) is 18.9 Å². The first-order valence-electron chi connectivity index (χ1n) is 6.40.